The van der Waals surface area contributed by atoms with Crippen LogP contribution in [0.5, 0.6) is 0 Å². The van der Waals surface area contributed by atoms with Gasteiger partial charge in [0, 0.05) is 0 Å². The average Bonchev–Trinajstić information content (AvgIpc) is 1.99. The lowest BCUT2D eigenvalue weighted by molar-refractivity contribution is -0.173. The Balaban J connectivity index is 2.91. The van der Waals surface area contributed by atoms with Crippen LogP contribution in [0.3, 0.4) is 0 Å². The predicted molar refractivity (Wildman–Crippen MR) is 42.0 cm³/mol. The van der Waals surface area contributed by atoms with Gasteiger partial charge in [-0.1, -0.05) is 6.92 Å². The molecule has 1 amide bonds. The minimum absolute atomic E-state index is 0.0402. The van der Waals surface area contributed by atoms with E-state index < -0.39 is 11.5 Å². The Kier molecular flexibility index (Phi) is 1.55. The number of carbonyl (C=O) groups excluding carboxylic acids is 1. The summed E-state index contributed by atoms with van der Waals surface area (Å²) in [4.78, 5) is 21.7. The van der Waals surface area contributed by atoms with Gasteiger partial charge in [-0.2, -0.15) is 0 Å². The molecular weight excluding hydrogens is 162 g/mol. The molecule has 1 aliphatic heterocycles. The van der Waals surface area contributed by atoms with Gasteiger partial charge in [0.25, 0.3) is 0 Å². The Bertz CT molecular complexity index is 216. The maximum Gasteiger partial charge on any atom is 0.329 e. The van der Waals surface area contributed by atoms with Crippen LogP contribution in [0, 0.1) is 5.92 Å². The van der Waals surface area contributed by atoms with Crippen molar-refractivity contribution in [3.05, 3.63) is 0 Å². The Labute approximate surface area is 67.7 Å². The molecule has 62 valence electrons. The molecule has 1 aliphatic rings. The number of amides is 1. The molecular formula is C6H11NO3Si. The van der Waals surface area contributed by atoms with Crippen LogP contribution >= 0.6 is 0 Å². The molecule has 0 spiro atoms. The van der Waals surface area contributed by atoms with Crippen molar-refractivity contribution < 1.29 is 14.7 Å². The van der Waals surface area contributed by atoms with Crippen molar-refractivity contribution >= 4 is 22.3 Å². The second-order valence-electron chi connectivity index (χ2n) is 3.07. The number of carboxylic acid groups (broad SMARTS) is 1. The predicted octanol–water partition coefficient (Wildman–Crippen LogP) is -1.41. The summed E-state index contributed by atoms with van der Waals surface area (Å²) in [6.45, 7) is 3.25. The van der Waals surface area contributed by atoms with Crippen LogP contribution in [0.2, 0.25) is 0 Å². The SMILES string of the molecule is CC1C(=O)N([SiH3])C1(C)C(=O)O. The van der Waals surface area contributed by atoms with E-state index in [0.29, 0.717) is 10.4 Å². The van der Waals surface area contributed by atoms with E-state index in [2.05, 4.69) is 0 Å². The van der Waals surface area contributed by atoms with Gasteiger partial charge < -0.3 is 9.67 Å². The van der Waals surface area contributed by atoms with Crippen LogP contribution in [0.1, 0.15) is 13.8 Å². The highest BCUT2D eigenvalue weighted by Crippen LogP contribution is 2.35. The zero-order valence-electron chi connectivity index (χ0n) is 6.79. The van der Waals surface area contributed by atoms with Crippen molar-refractivity contribution in [2.45, 2.75) is 19.4 Å². The summed E-state index contributed by atoms with van der Waals surface area (Å²) in [7, 11) is 0.487. The molecule has 0 saturated carbocycles. The van der Waals surface area contributed by atoms with Crippen LogP contribution in [0.4, 0.5) is 0 Å². The summed E-state index contributed by atoms with van der Waals surface area (Å²) >= 11 is 0. The number of β-lactam (4-membered cyclic amide) rings is 1. The molecule has 1 rings (SSSR count). The minimum Gasteiger partial charge on any atom is -0.480 e. The molecule has 1 heterocycles. The highest BCUT2D eigenvalue weighted by atomic mass is 28.2. The van der Waals surface area contributed by atoms with Gasteiger partial charge in [-0.05, 0) is 6.92 Å². The maximum atomic E-state index is 11.0. The molecule has 4 nitrogen and oxygen atoms in total. The van der Waals surface area contributed by atoms with Gasteiger partial charge in [0.15, 0.2) is 0 Å². The third kappa shape index (κ3) is 0.741. The lowest BCUT2D eigenvalue weighted by atomic mass is 9.78. The molecule has 0 aromatic rings. The van der Waals surface area contributed by atoms with Crippen LogP contribution in [-0.4, -0.2) is 37.5 Å². The van der Waals surface area contributed by atoms with Crippen LogP contribution < -0.4 is 0 Å². The van der Waals surface area contributed by atoms with E-state index in [1.807, 2.05) is 0 Å². The van der Waals surface area contributed by atoms with E-state index in [4.69, 9.17) is 5.11 Å². The second kappa shape index (κ2) is 2.07. The van der Waals surface area contributed by atoms with Crippen LogP contribution in [0.25, 0.3) is 0 Å². The molecule has 0 aliphatic carbocycles. The van der Waals surface area contributed by atoms with Crippen LogP contribution in [-0.2, 0) is 9.59 Å². The zero-order valence-corrected chi connectivity index (χ0v) is 8.79. The van der Waals surface area contributed by atoms with Crippen molar-refractivity contribution in [3.8, 4) is 0 Å². The van der Waals surface area contributed by atoms with E-state index in [0.717, 1.165) is 0 Å². The first-order valence-corrected chi connectivity index (χ1v) is 4.33. The Morgan fingerprint density at radius 2 is 2.27 bits per heavy atom. The molecule has 0 bridgehead atoms. The molecule has 1 N–H and O–H groups in total. The summed E-state index contributed by atoms with van der Waals surface area (Å²) in [5.74, 6) is -1.31. The Hall–Kier alpha value is -0.843. The summed E-state index contributed by atoms with van der Waals surface area (Å²) < 4.78 is 1.40. The molecule has 0 radical (unpaired) electrons. The van der Waals surface area contributed by atoms with Gasteiger partial charge in [-0.15, -0.1) is 0 Å². The lowest BCUT2D eigenvalue weighted by Crippen LogP contribution is -2.71. The lowest BCUT2D eigenvalue weighted by Gasteiger charge is -2.50. The molecule has 5 heteroatoms. The second-order valence-corrected chi connectivity index (χ2v) is 3.97. The first-order chi connectivity index (χ1) is 4.92. The summed E-state index contributed by atoms with van der Waals surface area (Å²) in [6.07, 6.45) is 0. The fourth-order valence-corrected chi connectivity index (χ4v) is 2.28. The first-order valence-electron chi connectivity index (χ1n) is 3.43. The van der Waals surface area contributed by atoms with Gasteiger partial charge in [-0.25, -0.2) is 4.79 Å². The van der Waals surface area contributed by atoms with E-state index in [9.17, 15) is 9.59 Å². The number of carboxylic acids is 1. The van der Waals surface area contributed by atoms with E-state index in [-0.39, 0.29) is 11.8 Å². The monoisotopic (exact) mass is 173 g/mol. The van der Waals surface area contributed by atoms with Crippen molar-refractivity contribution in [3.63, 3.8) is 0 Å². The average molecular weight is 173 g/mol. The standard InChI is InChI=1S/C6H11NO3Si/c1-3-4(8)7(11)6(3,2)5(9)10/h3H,1-2,11H3,(H,9,10). The fourth-order valence-electron chi connectivity index (χ4n) is 1.31. The summed E-state index contributed by atoms with van der Waals surface area (Å²) in [5, 5.41) is 8.78. The Morgan fingerprint density at radius 1 is 1.82 bits per heavy atom. The number of hydrogen-bond donors (Lipinski definition) is 1. The minimum atomic E-state index is -0.927. The molecule has 1 saturated heterocycles. The smallest absolute Gasteiger partial charge is 0.329 e. The van der Waals surface area contributed by atoms with Gasteiger partial charge >= 0.3 is 5.97 Å². The van der Waals surface area contributed by atoms with E-state index >= 15 is 0 Å². The number of carbonyl (C=O) groups is 2. The number of nitrogens with zero attached hydrogens (tertiary/aromatic N) is 1. The highest BCUT2D eigenvalue weighted by molar-refractivity contribution is 6.22. The number of hydrogen-bond acceptors (Lipinski definition) is 2. The molecule has 2 unspecified atom stereocenters. The quantitative estimate of drug-likeness (QED) is 0.391. The number of aliphatic carboxylic acids is 1. The van der Waals surface area contributed by atoms with Crippen molar-refractivity contribution in [1.29, 1.82) is 0 Å². The fraction of sp³-hybridized carbons (Fsp3) is 0.667. The number of rotatable bonds is 1. The molecule has 2 atom stereocenters. The van der Waals surface area contributed by atoms with Gasteiger partial charge in [0.1, 0.15) is 15.9 Å². The van der Waals surface area contributed by atoms with Crippen molar-refractivity contribution in [2.75, 3.05) is 0 Å². The van der Waals surface area contributed by atoms with E-state index in [1.54, 1.807) is 13.8 Å². The largest absolute Gasteiger partial charge is 0.480 e. The molecule has 1 fully saturated rings. The normalized spacial score (nSPS) is 37.1. The molecule has 0 aromatic carbocycles. The third-order valence-corrected chi connectivity index (χ3v) is 4.04. The van der Waals surface area contributed by atoms with E-state index in [1.165, 1.54) is 4.57 Å². The third-order valence-electron chi connectivity index (χ3n) is 2.67. The summed E-state index contributed by atoms with van der Waals surface area (Å²) in [6, 6.07) is 0. The van der Waals surface area contributed by atoms with Crippen molar-refractivity contribution in [1.82, 2.24) is 4.57 Å². The maximum absolute atomic E-state index is 11.0. The zero-order chi connectivity index (χ0) is 8.81. The van der Waals surface area contributed by atoms with Gasteiger partial charge in [-0.3, -0.25) is 4.79 Å². The van der Waals surface area contributed by atoms with Crippen molar-refractivity contribution in [2.24, 2.45) is 5.92 Å². The summed E-state index contributed by atoms with van der Waals surface area (Å²) in [5.41, 5.74) is -0.927. The first kappa shape index (κ1) is 8.26. The topological polar surface area (TPSA) is 57.6 Å². The molecule has 0 aromatic heterocycles. The van der Waals surface area contributed by atoms with Gasteiger partial charge in [0.05, 0.1) is 5.92 Å². The Morgan fingerprint density at radius 3 is 2.45 bits per heavy atom. The van der Waals surface area contributed by atoms with Crippen LogP contribution in [0.15, 0.2) is 0 Å². The highest BCUT2D eigenvalue weighted by Gasteiger charge is 2.57. The van der Waals surface area contributed by atoms with Gasteiger partial charge in [0.2, 0.25) is 5.91 Å². The molecule has 11 heavy (non-hydrogen) atoms.